The maximum atomic E-state index is 5.95. The van der Waals surface area contributed by atoms with E-state index in [0.29, 0.717) is 21.1 Å². The quantitative estimate of drug-likeness (QED) is 0.871. The lowest BCUT2D eigenvalue weighted by Crippen LogP contribution is -1.83. The first-order chi connectivity index (χ1) is 7.08. The van der Waals surface area contributed by atoms with Crippen molar-refractivity contribution in [1.29, 1.82) is 0 Å². The second kappa shape index (κ2) is 3.87. The van der Waals surface area contributed by atoms with E-state index in [9.17, 15) is 0 Å². The summed E-state index contributed by atoms with van der Waals surface area (Å²) in [6.07, 6.45) is 0. The number of anilines is 1. The van der Waals surface area contributed by atoms with Crippen LogP contribution >= 0.6 is 27.5 Å². The van der Waals surface area contributed by atoms with Crippen LogP contribution in [0.25, 0.3) is 11.3 Å². The third kappa shape index (κ3) is 2.01. The molecule has 0 amide bonds. The standard InChI is InChI=1S/C10H8BrClN2O/c1-5-2-6(4-7(12)3-5)9-8(11)10(13)14-15-9/h2-4H,1H3,(H2,13,14). The van der Waals surface area contributed by atoms with Gasteiger partial charge in [0.25, 0.3) is 0 Å². The average molecular weight is 288 g/mol. The molecule has 0 saturated carbocycles. The number of nitrogens with two attached hydrogens (primary N) is 1. The lowest BCUT2D eigenvalue weighted by molar-refractivity contribution is 0.435. The number of aromatic nitrogens is 1. The van der Waals surface area contributed by atoms with Crippen molar-refractivity contribution in [2.75, 3.05) is 5.73 Å². The molecule has 3 nitrogen and oxygen atoms in total. The molecule has 1 heterocycles. The Labute approximate surface area is 100 Å². The van der Waals surface area contributed by atoms with Crippen molar-refractivity contribution in [2.24, 2.45) is 0 Å². The molecule has 0 aliphatic carbocycles. The summed E-state index contributed by atoms with van der Waals surface area (Å²) in [6, 6.07) is 5.63. The first-order valence-corrected chi connectivity index (χ1v) is 5.43. The van der Waals surface area contributed by atoms with Crippen LogP contribution in [-0.2, 0) is 0 Å². The minimum absolute atomic E-state index is 0.336. The molecule has 0 saturated heterocycles. The Morgan fingerprint density at radius 2 is 2.13 bits per heavy atom. The average Bonchev–Trinajstić information content (AvgIpc) is 2.46. The highest BCUT2D eigenvalue weighted by Gasteiger charge is 2.13. The van der Waals surface area contributed by atoms with Crippen LogP contribution < -0.4 is 5.73 Å². The lowest BCUT2D eigenvalue weighted by atomic mass is 10.1. The van der Waals surface area contributed by atoms with Crippen molar-refractivity contribution < 1.29 is 4.52 Å². The van der Waals surface area contributed by atoms with Crippen LogP contribution in [0.3, 0.4) is 0 Å². The number of benzene rings is 1. The van der Waals surface area contributed by atoms with E-state index in [1.54, 1.807) is 6.07 Å². The molecule has 2 N–H and O–H groups in total. The summed E-state index contributed by atoms with van der Waals surface area (Å²) in [4.78, 5) is 0. The summed E-state index contributed by atoms with van der Waals surface area (Å²) >= 11 is 9.26. The summed E-state index contributed by atoms with van der Waals surface area (Å²) in [5, 5.41) is 4.32. The molecule has 15 heavy (non-hydrogen) atoms. The van der Waals surface area contributed by atoms with Gasteiger partial charge in [0.1, 0.15) is 4.47 Å². The smallest absolute Gasteiger partial charge is 0.183 e. The van der Waals surface area contributed by atoms with E-state index in [1.807, 2.05) is 19.1 Å². The van der Waals surface area contributed by atoms with Crippen molar-refractivity contribution in [3.8, 4) is 11.3 Å². The number of hydrogen-bond donors (Lipinski definition) is 1. The van der Waals surface area contributed by atoms with Gasteiger partial charge in [-0.1, -0.05) is 16.8 Å². The van der Waals surface area contributed by atoms with E-state index in [2.05, 4.69) is 21.1 Å². The Morgan fingerprint density at radius 3 is 2.67 bits per heavy atom. The molecule has 0 atom stereocenters. The fourth-order valence-corrected chi connectivity index (χ4v) is 2.00. The van der Waals surface area contributed by atoms with Gasteiger partial charge in [0, 0.05) is 10.6 Å². The van der Waals surface area contributed by atoms with Crippen molar-refractivity contribution >= 4 is 33.3 Å². The third-order valence-corrected chi connectivity index (χ3v) is 2.95. The van der Waals surface area contributed by atoms with Gasteiger partial charge >= 0.3 is 0 Å². The number of nitrogen functional groups attached to an aromatic ring is 1. The Hall–Kier alpha value is -1.00. The van der Waals surface area contributed by atoms with E-state index in [1.165, 1.54) is 0 Å². The molecule has 2 rings (SSSR count). The van der Waals surface area contributed by atoms with Gasteiger partial charge < -0.3 is 10.3 Å². The van der Waals surface area contributed by atoms with E-state index in [-0.39, 0.29) is 0 Å². The Balaban J connectivity index is 2.58. The summed E-state index contributed by atoms with van der Waals surface area (Å²) < 4.78 is 5.77. The zero-order chi connectivity index (χ0) is 11.0. The first-order valence-electron chi connectivity index (χ1n) is 4.26. The number of hydrogen-bond acceptors (Lipinski definition) is 3. The summed E-state index contributed by atoms with van der Waals surface area (Å²) in [6.45, 7) is 1.96. The van der Waals surface area contributed by atoms with Gasteiger partial charge in [-0.3, -0.25) is 0 Å². The number of aryl methyl sites for hydroxylation is 1. The maximum absolute atomic E-state index is 5.95. The molecule has 1 aromatic carbocycles. The summed E-state index contributed by atoms with van der Waals surface area (Å²) in [5.74, 6) is 0.931. The topological polar surface area (TPSA) is 52.0 Å². The Morgan fingerprint density at radius 1 is 1.40 bits per heavy atom. The largest absolute Gasteiger partial charge is 0.380 e. The normalized spacial score (nSPS) is 10.6. The molecule has 0 fully saturated rings. The molecular weight excluding hydrogens is 279 g/mol. The van der Waals surface area contributed by atoms with E-state index in [0.717, 1.165) is 11.1 Å². The molecule has 0 unspecified atom stereocenters. The number of rotatable bonds is 1. The molecule has 0 spiro atoms. The fourth-order valence-electron chi connectivity index (χ4n) is 1.34. The van der Waals surface area contributed by atoms with Gasteiger partial charge in [-0.25, -0.2) is 0 Å². The monoisotopic (exact) mass is 286 g/mol. The zero-order valence-corrected chi connectivity index (χ0v) is 10.3. The maximum Gasteiger partial charge on any atom is 0.183 e. The van der Waals surface area contributed by atoms with Gasteiger partial charge in [-0.15, -0.1) is 0 Å². The molecule has 2 aromatic rings. The second-order valence-electron chi connectivity index (χ2n) is 3.23. The molecule has 5 heteroatoms. The lowest BCUT2D eigenvalue weighted by Gasteiger charge is -2.00. The van der Waals surface area contributed by atoms with Crippen molar-refractivity contribution in [3.63, 3.8) is 0 Å². The second-order valence-corrected chi connectivity index (χ2v) is 4.46. The van der Waals surface area contributed by atoms with E-state index >= 15 is 0 Å². The minimum atomic E-state index is 0.336. The summed E-state index contributed by atoms with van der Waals surface area (Å²) in [5.41, 5.74) is 7.48. The van der Waals surface area contributed by atoms with Gasteiger partial charge in [-0.2, -0.15) is 0 Å². The van der Waals surface area contributed by atoms with Crippen LogP contribution in [0.2, 0.25) is 5.02 Å². The molecule has 0 aliphatic heterocycles. The zero-order valence-electron chi connectivity index (χ0n) is 7.92. The Bertz CT molecular complexity index is 490. The van der Waals surface area contributed by atoms with Gasteiger partial charge in [0.2, 0.25) is 0 Å². The van der Waals surface area contributed by atoms with Gasteiger partial charge in [0.15, 0.2) is 11.6 Å². The van der Waals surface area contributed by atoms with Crippen molar-refractivity contribution in [3.05, 3.63) is 33.3 Å². The highest BCUT2D eigenvalue weighted by molar-refractivity contribution is 9.10. The summed E-state index contributed by atoms with van der Waals surface area (Å²) in [7, 11) is 0. The highest BCUT2D eigenvalue weighted by atomic mass is 79.9. The molecule has 0 radical (unpaired) electrons. The van der Waals surface area contributed by atoms with Crippen LogP contribution in [0, 0.1) is 6.92 Å². The number of nitrogens with zero attached hydrogens (tertiary/aromatic N) is 1. The van der Waals surface area contributed by atoms with Crippen LogP contribution in [0.5, 0.6) is 0 Å². The SMILES string of the molecule is Cc1cc(Cl)cc(-c2onc(N)c2Br)c1. The molecule has 1 aromatic heterocycles. The predicted octanol–water partition coefficient (Wildman–Crippen LogP) is 3.65. The Kier molecular flexibility index (Phi) is 2.71. The first kappa shape index (κ1) is 10.5. The van der Waals surface area contributed by atoms with Crippen LogP contribution in [0.4, 0.5) is 5.82 Å². The van der Waals surface area contributed by atoms with Crippen molar-refractivity contribution in [1.82, 2.24) is 5.16 Å². The number of halogens is 2. The van der Waals surface area contributed by atoms with Gasteiger partial charge in [-0.05, 0) is 46.6 Å². The molecule has 78 valence electrons. The van der Waals surface area contributed by atoms with Crippen LogP contribution in [-0.4, -0.2) is 5.16 Å². The van der Waals surface area contributed by atoms with Crippen LogP contribution in [0.15, 0.2) is 27.2 Å². The highest BCUT2D eigenvalue weighted by Crippen LogP contribution is 2.34. The predicted molar refractivity (Wildman–Crippen MR) is 63.8 cm³/mol. The van der Waals surface area contributed by atoms with Gasteiger partial charge in [0.05, 0.1) is 0 Å². The van der Waals surface area contributed by atoms with Crippen molar-refractivity contribution in [2.45, 2.75) is 6.92 Å². The fraction of sp³-hybridized carbons (Fsp3) is 0.100. The van der Waals surface area contributed by atoms with E-state index < -0.39 is 0 Å². The molecule has 0 bridgehead atoms. The third-order valence-electron chi connectivity index (χ3n) is 1.96. The molecule has 0 aliphatic rings. The molecular formula is C10H8BrClN2O. The van der Waals surface area contributed by atoms with E-state index in [4.69, 9.17) is 21.9 Å². The minimum Gasteiger partial charge on any atom is -0.380 e. The van der Waals surface area contributed by atoms with Crippen LogP contribution in [0.1, 0.15) is 5.56 Å².